The molecule has 0 saturated heterocycles. The molecule has 2 atom stereocenters. The molecule has 3 N–H and O–H groups in total. The monoisotopic (exact) mass is 422 g/mol. The van der Waals surface area contributed by atoms with E-state index in [9.17, 15) is 10.4 Å². The van der Waals surface area contributed by atoms with Crippen LogP contribution in [0.2, 0.25) is 0 Å². The fourth-order valence-electron chi connectivity index (χ4n) is 4.34. The smallest absolute Gasteiger partial charge is 0.225 e. The van der Waals surface area contributed by atoms with E-state index in [-0.39, 0.29) is 11.5 Å². The van der Waals surface area contributed by atoms with Gasteiger partial charge in [0.1, 0.15) is 23.2 Å². The van der Waals surface area contributed by atoms with Crippen molar-refractivity contribution >= 4 is 5.76 Å². The van der Waals surface area contributed by atoms with E-state index in [1.165, 1.54) is 0 Å². The molecule has 0 aromatic heterocycles. The van der Waals surface area contributed by atoms with Gasteiger partial charge in [-0.25, -0.2) is 0 Å². The third-order valence-corrected chi connectivity index (χ3v) is 6.01. The Morgan fingerprint density at radius 2 is 1.72 bits per heavy atom. The highest BCUT2D eigenvalue weighted by molar-refractivity contribution is 5.76. The predicted molar refractivity (Wildman–Crippen MR) is 122 cm³/mol. The van der Waals surface area contributed by atoms with Gasteiger partial charge in [-0.05, 0) is 40.8 Å². The molecule has 2 aliphatic heterocycles. The molecular formula is C27H22N2O3. The van der Waals surface area contributed by atoms with E-state index in [1.807, 2.05) is 72.8 Å². The van der Waals surface area contributed by atoms with Gasteiger partial charge in [-0.15, -0.1) is 0 Å². The van der Waals surface area contributed by atoms with E-state index in [2.05, 4.69) is 13.0 Å². The maximum absolute atomic E-state index is 10.9. The molecule has 32 heavy (non-hydrogen) atoms. The van der Waals surface area contributed by atoms with Crippen LogP contribution in [0.15, 0.2) is 89.8 Å². The first-order chi connectivity index (χ1) is 15.6. The summed E-state index contributed by atoms with van der Waals surface area (Å²) in [6.45, 7) is 2.07. The highest BCUT2D eigenvalue weighted by atomic mass is 16.6. The largest absolute Gasteiger partial charge is 0.460 e. The van der Waals surface area contributed by atoms with Gasteiger partial charge < -0.3 is 20.3 Å². The number of hydrogen-bond donors (Lipinski definition) is 2. The Kier molecular flexibility index (Phi) is 4.93. The Morgan fingerprint density at radius 3 is 2.41 bits per heavy atom. The van der Waals surface area contributed by atoms with Crippen molar-refractivity contribution in [2.24, 2.45) is 5.73 Å². The van der Waals surface area contributed by atoms with E-state index in [4.69, 9.17) is 15.2 Å². The summed E-state index contributed by atoms with van der Waals surface area (Å²) in [5.74, 6) is 0.467. The standard InChI is InChI=1S/C27H22N2O3/c1-2-16-8-13-22-20(14-16)25-24(27(30)31-22)23(21(15-28)26(29)32-25)19-11-9-18(10-12-19)17-6-4-3-5-7-17/h3-14,23,27,30H,2,29H2,1H3. The van der Waals surface area contributed by atoms with Crippen LogP contribution in [0.25, 0.3) is 16.9 Å². The van der Waals surface area contributed by atoms with Gasteiger partial charge in [0.05, 0.1) is 17.1 Å². The number of allylic oxidation sites excluding steroid dienone is 1. The molecule has 0 amide bonds. The van der Waals surface area contributed by atoms with Crippen LogP contribution in [0.4, 0.5) is 0 Å². The number of nitrogens with two attached hydrogens (primary N) is 1. The third kappa shape index (κ3) is 3.22. The van der Waals surface area contributed by atoms with Crippen LogP contribution in [0.5, 0.6) is 5.75 Å². The summed E-state index contributed by atoms with van der Waals surface area (Å²) in [7, 11) is 0. The summed E-state index contributed by atoms with van der Waals surface area (Å²) in [6.07, 6.45) is -0.405. The van der Waals surface area contributed by atoms with Gasteiger partial charge in [-0.2, -0.15) is 5.26 Å². The molecule has 2 unspecified atom stereocenters. The SMILES string of the molecule is CCc1ccc2c(c1)C1=C(C(O)O2)C(c2ccc(-c3ccccc3)cc2)C(C#N)=C(N)O1. The molecule has 3 aromatic rings. The molecule has 0 fully saturated rings. The van der Waals surface area contributed by atoms with Gasteiger partial charge in [-0.3, -0.25) is 0 Å². The number of aliphatic hydroxyl groups excluding tert-OH is 1. The van der Waals surface area contributed by atoms with Crippen LogP contribution in [0, 0.1) is 11.3 Å². The highest BCUT2D eigenvalue weighted by Gasteiger charge is 2.41. The van der Waals surface area contributed by atoms with Gasteiger partial charge in [0, 0.05) is 0 Å². The average Bonchev–Trinajstić information content (AvgIpc) is 2.84. The molecule has 0 saturated carbocycles. The summed E-state index contributed by atoms with van der Waals surface area (Å²) >= 11 is 0. The van der Waals surface area contributed by atoms with Crippen molar-refractivity contribution in [1.82, 2.24) is 0 Å². The quantitative estimate of drug-likeness (QED) is 0.630. The van der Waals surface area contributed by atoms with Crippen LogP contribution in [-0.2, 0) is 11.2 Å². The normalized spacial score (nSPS) is 19.4. The second-order valence-electron chi connectivity index (χ2n) is 7.85. The van der Waals surface area contributed by atoms with E-state index >= 15 is 0 Å². The predicted octanol–water partition coefficient (Wildman–Crippen LogP) is 4.85. The Balaban J connectivity index is 1.65. The highest BCUT2D eigenvalue weighted by Crippen LogP contribution is 2.48. The summed E-state index contributed by atoms with van der Waals surface area (Å²) in [5.41, 5.74) is 11.8. The zero-order valence-corrected chi connectivity index (χ0v) is 17.6. The average molecular weight is 422 g/mol. The fourth-order valence-corrected chi connectivity index (χ4v) is 4.34. The first-order valence-electron chi connectivity index (χ1n) is 10.6. The van der Waals surface area contributed by atoms with Crippen molar-refractivity contribution in [1.29, 1.82) is 5.26 Å². The van der Waals surface area contributed by atoms with E-state index in [1.54, 1.807) is 0 Å². The maximum Gasteiger partial charge on any atom is 0.225 e. The molecule has 0 radical (unpaired) electrons. The minimum Gasteiger partial charge on any atom is -0.460 e. The zero-order chi connectivity index (χ0) is 22.2. The number of nitriles is 1. The number of ether oxygens (including phenoxy) is 2. The Morgan fingerprint density at radius 1 is 1.00 bits per heavy atom. The van der Waals surface area contributed by atoms with Crippen molar-refractivity contribution in [3.05, 3.63) is 107 Å². The topological polar surface area (TPSA) is 88.5 Å². The zero-order valence-electron chi connectivity index (χ0n) is 17.6. The van der Waals surface area contributed by atoms with Gasteiger partial charge in [0.25, 0.3) is 0 Å². The van der Waals surface area contributed by atoms with Crippen LogP contribution in [-0.4, -0.2) is 11.4 Å². The number of nitrogens with zero attached hydrogens (tertiary/aromatic N) is 1. The van der Waals surface area contributed by atoms with Crippen molar-refractivity contribution in [3.63, 3.8) is 0 Å². The van der Waals surface area contributed by atoms with Crippen LogP contribution in [0.1, 0.15) is 29.5 Å². The number of fused-ring (bicyclic) bond motifs is 2. The van der Waals surface area contributed by atoms with Crippen molar-refractivity contribution in [2.45, 2.75) is 25.6 Å². The van der Waals surface area contributed by atoms with Crippen LogP contribution >= 0.6 is 0 Å². The Hall–Kier alpha value is -4.01. The molecule has 0 aliphatic carbocycles. The Bertz CT molecular complexity index is 1280. The number of benzene rings is 3. The third-order valence-electron chi connectivity index (χ3n) is 6.01. The maximum atomic E-state index is 10.9. The van der Waals surface area contributed by atoms with E-state index < -0.39 is 12.2 Å². The number of hydrogen-bond acceptors (Lipinski definition) is 5. The van der Waals surface area contributed by atoms with E-state index in [0.29, 0.717) is 17.1 Å². The first-order valence-corrected chi connectivity index (χ1v) is 10.6. The number of aliphatic hydroxyl groups is 1. The lowest BCUT2D eigenvalue weighted by Crippen LogP contribution is -2.33. The molecular weight excluding hydrogens is 400 g/mol. The van der Waals surface area contributed by atoms with Crippen molar-refractivity contribution in [2.75, 3.05) is 0 Å². The molecule has 2 aliphatic rings. The molecule has 0 bridgehead atoms. The van der Waals surface area contributed by atoms with Crippen LogP contribution in [0.3, 0.4) is 0 Å². The van der Waals surface area contributed by atoms with Gasteiger partial charge in [-0.1, -0.05) is 67.6 Å². The summed E-state index contributed by atoms with van der Waals surface area (Å²) in [4.78, 5) is 0. The van der Waals surface area contributed by atoms with Crippen molar-refractivity contribution < 1.29 is 14.6 Å². The lowest BCUT2D eigenvalue weighted by atomic mass is 9.80. The molecule has 3 aromatic carbocycles. The molecule has 5 nitrogen and oxygen atoms in total. The van der Waals surface area contributed by atoms with E-state index in [0.717, 1.165) is 34.2 Å². The minimum atomic E-state index is -1.25. The molecule has 2 heterocycles. The molecule has 0 spiro atoms. The lowest BCUT2D eigenvalue weighted by Gasteiger charge is -2.35. The summed E-state index contributed by atoms with van der Waals surface area (Å²) in [6, 6.07) is 25.9. The van der Waals surface area contributed by atoms with Gasteiger partial charge in [0.2, 0.25) is 12.2 Å². The van der Waals surface area contributed by atoms with Crippen molar-refractivity contribution in [3.8, 4) is 22.9 Å². The second kappa shape index (κ2) is 7.92. The fraction of sp³-hybridized carbons (Fsp3) is 0.148. The first kappa shape index (κ1) is 19.9. The summed E-state index contributed by atoms with van der Waals surface area (Å²) < 4.78 is 11.7. The number of aryl methyl sites for hydroxylation is 1. The molecule has 158 valence electrons. The second-order valence-corrected chi connectivity index (χ2v) is 7.85. The van der Waals surface area contributed by atoms with Gasteiger partial charge >= 0.3 is 0 Å². The number of rotatable bonds is 3. The van der Waals surface area contributed by atoms with Crippen LogP contribution < -0.4 is 10.5 Å². The Labute approximate surface area is 186 Å². The van der Waals surface area contributed by atoms with Gasteiger partial charge in [0.15, 0.2) is 0 Å². The minimum absolute atomic E-state index is 0.0466. The molecule has 5 heteroatoms. The summed E-state index contributed by atoms with van der Waals surface area (Å²) in [5, 5.41) is 20.8. The lowest BCUT2D eigenvalue weighted by molar-refractivity contribution is 0.00465. The molecule has 5 rings (SSSR count).